The molecule has 0 radical (unpaired) electrons. The number of piperazine rings is 1. The summed E-state index contributed by atoms with van der Waals surface area (Å²) in [4.78, 5) is 2.27. The van der Waals surface area contributed by atoms with E-state index in [1.165, 1.54) is 0 Å². The van der Waals surface area contributed by atoms with E-state index in [1.54, 1.807) is 12.1 Å². The maximum Gasteiger partial charge on any atom is 0.116 e. The third-order valence-electron chi connectivity index (χ3n) is 3.45. The van der Waals surface area contributed by atoms with Gasteiger partial charge >= 0.3 is 0 Å². The quantitative estimate of drug-likeness (QED) is 0.871. The summed E-state index contributed by atoms with van der Waals surface area (Å²) in [6.45, 7) is 5.52. The standard InChI is InChI=1S/C14H18FN3/c1-10-9-18(11(2)8-17-10)14-4-3-12(7-16)13(5-14)6-15/h3-5,10-11,17H,6,8-9H2,1-2H3/t10-,11+/m0/s1. The number of nitriles is 1. The van der Waals surface area contributed by atoms with E-state index in [9.17, 15) is 4.39 Å². The summed E-state index contributed by atoms with van der Waals surface area (Å²) in [6, 6.07) is 8.24. The van der Waals surface area contributed by atoms with Crippen LogP contribution in [-0.2, 0) is 6.67 Å². The third kappa shape index (κ3) is 2.46. The van der Waals surface area contributed by atoms with Gasteiger partial charge in [0.1, 0.15) is 6.67 Å². The average Bonchev–Trinajstić information content (AvgIpc) is 2.40. The van der Waals surface area contributed by atoms with Gasteiger partial charge in [-0.3, -0.25) is 0 Å². The number of alkyl halides is 1. The van der Waals surface area contributed by atoms with Crippen molar-refractivity contribution < 1.29 is 4.39 Å². The Hall–Kier alpha value is -1.60. The number of benzene rings is 1. The molecule has 3 nitrogen and oxygen atoms in total. The van der Waals surface area contributed by atoms with Crippen molar-refractivity contribution in [2.75, 3.05) is 18.0 Å². The number of halogens is 1. The summed E-state index contributed by atoms with van der Waals surface area (Å²) in [5.41, 5.74) is 1.91. The van der Waals surface area contributed by atoms with Gasteiger partial charge in [-0.25, -0.2) is 4.39 Å². The molecular weight excluding hydrogens is 229 g/mol. The van der Waals surface area contributed by atoms with Crippen LogP contribution < -0.4 is 10.2 Å². The van der Waals surface area contributed by atoms with Crippen molar-refractivity contribution in [3.8, 4) is 6.07 Å². The second-order valence-electron chi connectivity index (χ2n) is 4.90. The van der Waals surface area contributed by atoms with Crippen LogP contribution in [0.25, 0.3) is 0 Å². The first-order chi connectivity index (χ1) is 8.65. The molecule has 0 amide bonds. The lowest BCUT2D eigenvalue weighted by Gasteiger charge is -2.39. The third-order valence-corrected chi connectivity index (χ3v) is 3.45. The Morgan fingerprint density at radius 3 is 2.94 bits per heavy atom. The van der Waals surface area contributed by atoms with Crippen LogP contribution in [0.4, 0.5) is 10.1 Å². The lowest BCUT2D eigenvalue weighted by Crippen LogP contribution is -2.54. The smallest absolute Gasteiger partial charge is 0.116 e. The first-order valence-electron chi connectivity index (χ1n) is 6.24. The van der Waals surface area contributed by atoms with E-state index in [-0.39, 0.29) is 0 Å². The van der Waals surface area contributed by atoms with Gasteiger partial charge in [0.05, 0.1) is 11.6 Å². The molecule has 0 aromatic heterocycles. The molecule has 1 N–H and O–H groups in total. The molecule has 2 atom stereocenters. The van der Waals surface area contributed by atoms with Crippen LogP contribution in [0.15, 0.2) is 18.2 Å². The van der Waals surface area contributed by atoms with Gasteiger partial charge in [-0.05, 0) is 32.0 Å². The van der Waals surface area contributed by atoms with Gasteiger partial charge in [0.25, 0.3) is 0 Å². The molecule has 2 rings (SSSR count). The van der Waals surface area contributed by atoms with Gasteiger partial charge in [0.2, 0.25) is 0 Å². The zero-order chi connectivity index (χ0) is 13.1. The molecule has 4 heteroatoms. The summed E-state index contributed by atoms with van der Waals surface area (Å²) in [5, 5.41) is 12.3. The van der Waals surface area contributed by atoms with Gasteiger partial charge in [0.15, 0.2) is 0 Å². The zero-order valence-corrected chi connectivity index (χ0v) is 10.8. The van der Waals surface area contributed by atoms with Crippen LogP contribution in [0.1, 0.15) is 25.0 Å². The van der Waals surface area contributed by atoms with Crippen molar-refractivity contribution in [2.24, 2.45) is 0 Å². The SMILES string of the molecule is C[C@@H]1CN[C@@H](C)CN1c1ccc(C#N)c(CF)c1. The van der Waals surface area contributed by atoms with Crippen LogP contribution in [-0.4, -0.2) is 25.2 Å². The largest absolute Gasteiger partial charge is 0.366 e. The summed E-state index contributed by atoms with van der Waals surface area (Å²) in [6.07, 6.45) is 0. The first-order valence-corrected chi connectivity index (χ1v) is 6.24. The maximum atomic E-state index is 12.9. The van der Waals surface area contributed by atoms with Crippen LogP contribution in [0.5, 0.6) is 0 Å². The molecule has 1 saturated heterocycles. The van der Waals surface area contributed by atoms with Gasteiger partial charge in [-0.15, -0.1) is 0 Å². The molecule has 1 aliphatic rings. The molecule has 0 unspecified atom stereocenters. The molecule has 18 heavy (non-hydrogen) atoms. The zero-order valence-electron chi connectivity index (χ0n) is 10.8. The number of nitrogens with zero attached hydrogens (tertiary/aromatic N) is 2. The Bertz CT molecular complexity index is 467. The molecule has 96 valence electrons. The Balaban J connectivity index is 2.30. The summed E-state index contributed by atoms with van der Waals surface area (Å²) >= 11 is 0. The van der Waals surface area contributed by atoms with Gasteiger partial charge in [-0.2, -0.15) is 5.26 Å². The van der Waals surface area contributed by atoms with Crippen LogP contribution in [0.3, 0.4) is 0 Å². The Kier molecular flexibility index (Phi) is 3.83. The predicted molar refractivity (Wildman–Crippen MR) is 70.2 cm³/mol. The van der Waals surface area contributed by atoms with E-state index >= 15 is 0 Å². The average molecular weight is 247 g/mol. The Morgan fingerprint density at radius 2 is 2.28 bits per heavy atom. The van der Waals surface area contributed by atoms with Crippen molar-refractivity contribution in [3.63, 3.8) is 0 Å². The summed E-state index contributed by atoms with van der Waals surface area (Å²) in [5.74, 6) is 0. The van der Waals surface area contributed by atoms with E-state index in [0.717, 1.165) is 18.8 Å². The van der Waals surface area contributed by atoms with E-state index in [1.807, 2.05) is 12.1 Å². The fourth-order valence-corrected chi connectivity index (χ4v) is 2.36. The van der Waals surface area contributed by atoms with Crippen LogP contribution in [0, 0.1) is 11.3 Å². The van der Waals surface area contributed by atoms with Crippen LogP contribution >= 0.6 is 0 Å². The van der Waals surface area contributed by atoms with Gasteiger partial charge in [0, 0.05) is 36.4 Å². The minimum absolute atomic E-state index is 0.376. The summed E-state index contributed by atoms with van der Waals surface area (Å²) < 4.78 is 12.9. The lowest BCUT2D eigenvalue weighted by atomic mass is 10.1. The van der Waals surface area contributed by atoms with Crippen molar-refractivity contribution >= 4 is 5.69 Å². The monoisotopic (exact) mass is 247 g/mol. The van der Waals surface area contributed by atoms with E-state index in [4.69, 9.17) is 5.26 Å². The van der Waals surface area contributed by atoms with Crippen molar-refractivity contribution in [1.29, 1.82) is 5.26 Å². The molecule has 1 aliphatic heterocycles. The number of nitrogens with one attached hydrogen (secondary N) is 1. The fraction of sp³-hybridized carbons (Fsp3) is 0.500. The number of hydrogen-bond acceptors (Lipinski definition) is 3. The molecule has 0 aliphatic carbocycles. The predicted octanol–water partition coefficient (Wildman–Crippen LogP) is 2.21. The number of hydrogen-bond donors (Lipinski definition) is 1. The van der Waals surface area contributed by atoms with Crippen molar-refractivity contribution in [3.05, 3.63) is 29.3 Å². The fourth-order valence-electron chi connectivity index (χ4n) is 2.36. The normalized spacial score (nSPS) is 23.8. The minimum atomic E-state index is -0.591. The highest BCUT2D eigenvalue weighted by Gasteiger charge is 2.22. The highest BCUT2D eigenvalue weighted by molar-refractivity contribution is 5.54. The van der Waals surface area contributed by atoms with E-state index in [2.05, 4.69) is 24.1 Å². The highest BCUT2D eigenvalue weighted by atomic mass is 19.1. The van der Waals surface area contributed by atoms with Crippen LogP contribution in [0.2, 0.25) is 0 Å². The molecule has 0 bridgehead atoms. The van der Waals surface area contributed by atoms with Gasteiger partial charge in [-0.1, -0.05) is 0 Å². The number of anilines is 1. The molecule has 1 fully saturated rings. The minimum Gasteiger partial charge on any atom is -0.366 e. The highest BCUT2D eigenvalue weighted by Crippen LogP contribution is 2.23. The van der Waals surface area contributed by atoms with Crippen molar-refractivity contribution in [2.45, 2.75) is 32.6 Å². The topological polar surface area (TPSA) is 39.1 Å². The summed E-state index contributed by atoms with van der Waals surface area (Å²) in [7, 11) is 0. The second-order valence-corrected chi connectivity index (χ2v) is 4.90. The Labute approximate surface area is 107 Å². The van der Waals surface area contributed by atoms with Gasteiger partial charge < -0.3 is 10.2 Å². The van der Waals surface area contributed by atoms with E-state index in [0.29, 0.717) is 23.2 Å². The molecule has 1 aromatic carbocycles. The number of rotatable bonds is 2. The Morgan fingerprint density at radius 1 is 1.50 bits per heavy atom. The molecule has 1 aromatic rings. The molecular formula is C14H18FN3. The van der Waals surface area contributed by atoms with Crippen molar-refractivity contribution in [1.82, 2.24) is 5.32 Å². The maximum absolute atomic E-state index is 12.9. The molecule has 0 spiro atoms. The molecule has 0 saturated carbocycles. The molecule has 1 heterocycles. The second kappa shape index (κ2) is 5.36. The van der Waals surface area contributed by atoms with E-state index < -0.39 is 6.67 Å². The lowest BCUT2D eigenvalue weighted by molar-refractivity contribution is 0.424. The first kappa shape index (κ1) is 12.8.